The number of amides is 1. The summed E-state index contributed by atoms with van der Waals surface area (Å²) in [5, 5.41) is 5.84. The van der Waals surface area contributed by atoms with Crippen LogP contribution in [0.25, 0.3) is 0 Å². The average molecular weight is 287 g/mol. The number of hydrogen-bond donors (Lipinski definition) is 2. The van der Waals surface area contributed by atoms with E-state index in [0.29, 0.717) is 11.5 Å². The van der Waals surface area contributed by atoms with Crippen LogP contribution in [0.1, 0.15) is 31.1 Å². The van der Waals surface area contributed by atoms with Gasteiger partial charge in [-0.2, -0.15) is 0 Å². The molecule has 0 saturated heterocycles. The molecule has 0 aliphatic carbocycles. The summed E-state index contributed by atoms with van der Waals surface area (Å²) in [5.74, 6) is -0.327. The van der Waals surface area contributed by atoms with Gasteiger partial charge in [-0.1, -0.05) is 12.1 Å². The third-order valence-corrected chi connectivity index (χ3v) is 2.64. The second-order valence-corrected chi connectivity index (χ2v) is 5.74. The number of benzene rings is 1. The highest BCUT2D eigenvalue weighted by Gasteiger charge is 2.12. The lowest BCUT2D eigenvalue weighted by atomic mass is 10.1. The number of nitrogens with one attached hydrogen (secondary N) is 2. The van der Waals surface area contributed by atoms with Gasteiger partial charge in [0.1, 0.15) is 11.6 Å². The summed E-state index contributed by atoms with van der Waals surface area (Å²) in [5.41, 5.74) is 0.433. The Morgan fingerprint density at radius 2 is 1.86 bits per heavy atom. The molecule has 2 aromatic rings. The minimum atomic E-state index is -0.547. The zero-order valence-corrected chi connectivity index (χ0v) is 12.3. The molecular weight excluding hydrogens is 269 g/mol. The summed E-state index contributed by atoms with van der Waals surface area (Å²) < 4.78 is 13.5. The number of anilines is 2. The zero-order chi connectivity index (χ0) is 15.5. The van der Waals surface area contributed by atoms with Crippen molar-refractivity contribution in [2.45, 2.75) is 26.3 Å². The molecule has 0 radical (unpaired) electrons. The molecule has 1 heterocycles. The normalized spacial score (nSPS) is 11.0. The second-order valence-electron chi connectivity index (χ2n) is 5.74. The van der Waals surface area contributed by atoms with E-state index in [2.05, 4.69) is 15.6 Å². The van der Waals surface area contributed by atoms with Gasteiger partial charge in [-0.3, -0.25) is 4.79 Å². The van der Waals surface area contributed by atoms with Gasteiger partial charge in [0.05, 0.1) is 17.4 Å². The van der Waals surface area contributed by atoms with Gasteiger partial charge in [-0.25, -0.2) is 9.37 Å². The summed E-state index contributed by atoms with van der Waals surface area (Å²) in [4.78, 5) is 16.2. The molecule has 5 heteroatoms. The van der Waals surface area contributed by atoms with Crippen LogP contribution in [0.15, 0.2) is 42.6 Å². The van der Waals surface area contributed by atoms with Gasteiger partial charge in [-0.15, -0.1) is 0 Å². The molecule has 0 bridgehead atoms. The third-order valence-electron chi connectivity index (χ3n) is 2.64. The van der Waals surface area contributed by atoms with Gasteiger partial charge in [0.25, 0.3) is 5.91 Å². The van der Waals surface area contributed by atoms with Crippen molar-refractivity contribution in [3.05, 3.63) is 54.0 Å². The molecule has 0 unspecified atom stereocenters. The first-order valence-electron chi connectivity index (χ1n) is 6.65. The molecule has 4 nitrogen and oxygen atoms in total. The van der Waals surface area contributed by atoms with E-state index in [4.69, 9.17) is 0 Å². The lowest BCUT2D eigenvalue weighted by Crippen LogP contribution is -2.26. The Bertz CT molecular complexity index is 633. The molecular formula is C16H18FN3O. The van der Waals surface area contributed by atoms with Gasteiger partial charge in [0, 0.05) is 5.54 Å². The van der Waals surface area contributed by atoms with E-state index < -0.39 is 11.7 Å². The molecule has 1 aromatic carbocycles. The lowest BCUT2D eigenvalue weighted by molar-refractivity contribution is 0.102. The number of aromatic nitrogens is 1. The minimum absolute atomic E-state index is 0.00870. The topological polar surface area (TPSA) is 54.0 Å². The van der Waals surface area contributed by atoms with Crippen LogP contribution in [0, 0.1) is 5.82 Å². The molecule has 2 rings (SSSR count). The monoisotopic (exact) mass is 287 g/mol. The number of carbonyl (C=O) groups is 1. The maximum atomic E-state index is 13.5. The van der Waals surface area contributed by atoms with Crippen LogP contribution in [0.3, 0.4) is 0 Å². The molecule has 0 saturated carbocycles. The third kappa shape index (κ3) is 4.27. The molecule has 0 fully saturated rings. The Morgan fingerprint density at radius 1 is 1.14 bits per heavy atom. The van der Waals surface area contributed by atoms with Crippen molar-refractivity contribution in [3.8, 4) is 0 Å². The fourth-order valence-corrected chi connectivity index (χ4v) is 1.77. The first kappa shape index (κ1) is 15.0. The highest BCUT2D eigenvalue weighted by atomic mass is 19.1. The van der Waals surface area contributed by atoms with E-state index in [1.807, 2.05) is 20.8 Å². The van der Waals surface area contributed by atoms with Crippen molar-refractivity contribution in [3.63, 3.8) is 0 Å². The van der Waals surface area contributed by atoms with Gasteiger partial charge < -0.3 is 10.6 Å². The zero-order valence-electron chi connectivity index (χ0n) is 12.3. The molecule has 0 aliphatic rings. The van der Waals surface area contributed by atoms with Crippen LogP contribution >= 0.6 is 0 Å². The van der Waals surface area contributed by atoms with Crippen molar-refractivity contribution < 1.29 is 9.18 Å². The lowest BCUT2D eigenvalue weighted by Gasteiger charge is -2.21. The van der Waals surface area contributed by atoms with Crippen LogP contribution in [0.5, 0.6) is 0 Å². The number of nitrogens with zero attached hydrogens (tertiary/aromatic N) is 1. The minimum Gasteiger partial charge on any atom is -0.365 e. The van der Waals surface area contributed by atoms with E-state index >= 15 is 0 Å². The van der Waals surface area contributed by atoms with Gasteiger partial charge in [0.2, 0.25) is 0 Å². The predicted molar refractivity (Wildman–Crippen MR) is 82.0 cm³/mol. The number of pyridine rings is 1. The average Bonchev–Trinajstić information content (AvgIpc) is 2.40. The van der Waals surface area contributed by atoms with Crippen LogP contribution in [-0.2, 0) is 0 Å². The molecule has 2 N–H and O–H groups in total. The summed E-state index contributed by atoms with van der Waals surface area (Å²) in [6, 6.07) is 9.34. The van der Waals surface area contributed by atoms with Gasteiger partial charge >= 0.3 is 0 Å². The quantitative estimate of drug-likeness (QED) is 0.905. The van der Waals surface area contributed by atoms with E-state index in [1.165, 1.54) is 18.3 Å². The second kappa shape index (κ2) is 5.91. The SMILES string of the molecule is CC(C)(C)Nc1ccc(NC(=O)c2ccccc2F)cn1. The van der Waals surface area contributed by atoms with Crippen LogP contribution in [0.2, 0.25) is 0 Å². The van der Waals surface area contributed by atoms with Crippen molar-refractivity contribution in [1.82, 2.24) is 4.98 Å². The number of rotatable bonds is 3. The smallest absolute Gasteiger partial charge is 0.258 e. The van der Waals surface area contributed by atoms with Crippen LogP contribution in [-0.4, -0.2) is 16.4 Å². The summed E-state index contributed by atoms with van der Waals surface area (Å²) in [6.45, 7) is 6.09. The maximum Gasteiger partial charge on any atom is 0.258 e. The number of carbonyl (C=O) groups excluding carboxylic acids is 1. The van der Waals surface area contributed by atoms with Crippen LogP contribution in [0.4, 0.5) is 15.9 Å². The van der Waals surface area contributed by atoms with Gasteiger partial charge in [-0.05, 0) is 45.0 Å². The van der Waals surface area contributed by atoms with E-state index in [9.17, 15) is 9.18 Å². The summed E-state index contributed by atoms with van der Waals surface area (Å²) >= 11 is 0. The Labute approximate surface area is 123 Å². The molecule has 1 amide bonds. The Hall–Kier alpha value is -2.43. The highest BCUT2D eigenvalue weighted by molar-refractivity contribution is 6.04. The molecule has 0 spiro atoms. The fourth-order valence-electron chi connectivity index (χ4n) is 1.77. The van der Waals surface area contributed by atoms with Crippen molar-refractivity contribution in [1.29, 1.82) is 0 Å². The number of halogens is 1. The molecule has 21 heavy (non-hydrogen) atoms. The van der Waals surface area contributed by atoms with Crippen LogP contribution < -0.4 is 10.6 Å². The molecule has 0 atom stereocenters. The maximum absolute atomic E-state index is 13.5. The van der Waals surface area contributed by atoms with E-state index in [1.54, 1.807) is 24.3 Å². The van der Waals surface area contributed by atoms with Crippen molar-refractivity contribution >= 4 is 17.4 Å². The Morgan fingerprint density at radius 3 is 2.43 bits per heavy atom. The fraction of sp³-hybridized carbons (Fsp3) is 0.250. The largest absolute Gasteiger partial charge is 0.365 e. The first-order chi connectivity index (χ1) is 9.85. The predicted octanol–water partition coefficient (Wildman–Crippen LogP) is 3.68. The van der Waals surface area contributed by atoms with E-state index in [-0.39, 0.29) is 11.1 Å². The summed E-state index contributed by atoms with van der Waals surface area (Å²) in [7, 11) is 0. The Kier molecular flexibility index (Phi) is 4.21. The highest BCUT2D eigenvalue weighted by Crippen LogP contribution is 2.15. The molecule has 1 aromatic heterocycles. The number of hydrogen-bond acceptors (Lipinski definition) is 3. The molecule has 110 valence electrons. The van der Waals surface area contributed by atoms with Crippen molar-refractivity contribution in [2.75, 3.05) is 10.6 Å². The molecule has 0 aliphatic heterocycles. The van der Waals surface area contributed by atoms with E-state index in [0.717, 1.165) is 0 Å². The first-order valence-corrected chi connectivity index (χ1v) is 6.65. The van der Waals surface area contributed by atoms with Crippen molar-refractivity contribution in [2.24, 2.45) is 0 Å². The summed E-state index contributed by atoms with van der Waals surface area (Å²) in [6.07, 6.45) is 1.53. The standard InChI is InChI=1S/C16H18FN3O/c1-16(2,3)20-14-9-8-11(10-18-14)19-15(21)12-6-4-5-7-13(12)17/h4-10H,1-3H3,(H,18,20)(H,19,21). The Balaban J connectivity index is 2.07. The van der Waals surface area contributed by atoms with Gasteiger partial charge in [0.15, 0.2) is 0 Å².